The average molecular weight is 242 g/mol. The summed E-state index contributed by atoms with van der Waals surface area (Å²) in [5.74, 6) is 1.62. The smallest absolute Gasteiger partial charge is 0.101 e. The molecule has 2 rings (SSSR count). The second-order valence-electron chi connectivity index (χ2n) is 5.65. The third-order valence-electron chi connectivity index (χ3n) is 4.16. The molecule has 96 valence electrons. The number of nitriles is 1. The number of hydrogen-bond donors (Lipinski definition) is 0. The minimum Gasteiger partial charge on any atom is -0.370 e. The van der Waals surface area contributed by atoms with E-state index in [9.17, 15) is 5.26 Å². The number of rotatable bonds is 2. The van der Waals surface area contributed by atoms with Crippen molar-refractivity contribution < 1.29 is 0 Å². The summed E-state index contributed by atoms with van der Waals surface area (Å²) in [7, 11) is 0. The summed E-state index contributed by atoms with van der Waals surface area (Å²) < 4.78 is 0. The molecule has 0 aliphatic carbocycles. The van der Waals surface area contributed by atoms with E-state index in [1.807, 2.05) is 12.1 Å². The molecule has 2 heteroatoms. The molecule has 1 aliphatic rings. The van der Waals surface area contributed by atoms with Crippen molar-refractivity contribution in [3.8, 4) is 6.07 Å². The number of benzene rings is 1. The van der Waals surface area contributed by atoms with Gasteiger partial charge in [0.2, 0.25) is 0 Å². The van der Waals surface area contributed by atoms with E-state index in [4.69, 9.17) is 0 Å². The largest absolute Gasteiger partial charge is 0.370 e. The van der Waals surface area contributed by atoms with E-state index in [0.717, 1.165) is 36.2 Å². The van der Waals surface area contributed by atoms with Crippen LogP contribution in [0.2, 0.25) is 0 Å². The molecule has 1 aliphatic heterocycles. The van der Waals surface area contributed by atoms with Crippen molar-refractivity contribution in [2.75, 3.05) is 18.0 Å². The lowest BCUT2D eigenvalue weighted by Crippen LogP contribution is -2.36. The van der Waals surface area contributed by atoms with E-state index in [-0.39, 0.29) is 0 Å². The molecule has 18 heavy (non-hydrogen) atoms. The van der Waals surface area contributed by atoms with Gasteiger partial charge in [0.25, 0.3) is 0 Å². The summed E-state index contributed by atoms with van der Waals surface area (Å²) in [5, 5.41) is 9.24. The first-order chi connectivity index (χ1) is 8.63. The van der Waals surface area contributed by atoms with Crippen LogP contribution in [0.4, 0.5) is 5.69 Å². The SMILES string of the molecule is Cc1cccc(C#N)c1N1CCC(C(C)C)CC1. The number of hydrogen-bond acceptors (Lipinski definition) is 2. The van der Waals surface area contributed by atoms with Gasteiger partial charge in [-0.15, -0.1) is 0 Å². The predicted octanol–water partition coefficient (Wildman–Crippen LogP) is 3.74. The van der Waals surface area contributed by atoms with Crippen LogP contribution in [0.5, 0.6) is 0 Å². The maximum absolute atomic E-state index is 9.24. The van der Waals surface area contributed by atoms with Crippen LogP contribution in [0.15, 0.2) is 18.2 Å². The molecular weight excluding hydrogens is 220 g/mol. The van der Waals surface area contributed by atoms with E-state index in [0.29, 0.717) is 0 Å². The Kier molecular flexibility index (Phi) is 3.91. The normalized spacial score (nSPS) is 16.9. The number of para-hydroxylation sites is 1. The maximum atomic E-state index is 9.24. The standard InChI is InChI=1S/C16H22N2/c1-12(2)14-7-9-18(10-8-14)16-13(3)5-4-6-15(16)11-17/h4-6,12,14H,7-10H2,1-3H3. The van der Waals surface area contributed by atoms with Crippen LogP contribution < -0.4 is 4.90 Å². The van der Waals surface area contributed by atoms with Gasteiger partial charge in [0.05, 0.1) is 11.3 Å². The number of nitrogens with zero attached hydrogens (tertiary/aromatic N) is 2. The van der Waals surface area contributed by atoms with Gasteiger partial charge >= 0.3 is 0 Å². The first kappa shape index (κ1) is 13.0. The second kappa shape index (κ2) is 5.44. The lowest BCUT2D eigenvalue weighted by molar-refractivity contribution is 0.311. The molecule has 0 bridgehead atoms. The number of piperidine rings is 1. The van der Waals surface area contributed by atoms with Gasteiger partial charge < -0.3 is 4.90 Å². The molecule has 1 aromatic rings. The lowest BCUT2D eigenvalue weighted by atomic mass is 9.86. The van der Waals surface area contributed by atoms with E-state index in [1.54, 1.807) is 0 Å². The molecule has 1 fully saturated rings. The fourth-order valence-electron chi connectivity index (χ4n) is 2.96. The van der Waals surface area contributed by atoms with E-state index >= 15 is 0 Å². The van der Waals surface area contributed by atoms with Crippen LogP contribution >= 0.6 is 0 Å². The van der Waals surface area contributed by atoms with Crippen molar-refractivity contribution >= 4 is 5.69 Å². The fourth-order valence-corrected chi connectivity index (χ4v) is 2.96. The molecular formula is C16H22N2. The molecule has 2 nitrogen and oxygen atoms in total. The Balaban J connectivity index is 2.18. The summed E-state index contributed by atoms with van der Waals surface area (Å²) in [6, 6.07) is 8.33. The Morgan fingerprint density at radius 3 is 2.50 bits per heavy atom. The second-order valence-corrected chi connectivity index (χ2v) is 5.65. The van der Waals surface area contributed by atoms with Gasteiger partial charge in [0, 0.05) is 13.1 Å². The molecule has 1 heterocycles. The van der Waals surface area contributed by atoms with Crippen LogP contribution in [0.1, 0.15) is 37.8 Å². The molecule has 1 saturated heterocycles. The third-order valence-corrected chi connectivity index (χ3v) is 4.16. The molecule has 1 aromatic carbocycles. The topological polar surface area (TPSA) is 27.0 Å². The predicted molar refractivity (Wildman–Crippen MR) is 75.7 cm³/mol. The van der Waals surface area contributed by atoms with Crippen molar-refractivity contribution in [2.24, 2.45) is 11.8 Å². The van der Waals surface area contributed by atoms with E-state index in [1.165, 1.54) is 18.4 Å². The monoisotopic (exact) mass is 242 g/mol. The molecule has 0 aromatic heterocycles. The van der Waals surface area contributed by atoms with Gasteiger partial charge in [-0.05, 0) is 43.2 Å². The Morgan fingerprint density at radius 1 is 1.28 bits per heavy atom. The van der Waals surface area contributed by atoms with Gasteiger partial charge in [-0.1, -0.05) is 26.0 Å². The summed E-state index contributed by atoms with van der Waals surface area (Å²) in [5.41, 5.74) is 3.19. The van der Waals surface area contributed by atoms with E-state index in [2.05, 4.69) is 37.8 Å². The van der Waals surface area contributed by atoms with Gasteiger partial charge in [-0.25, -0.2) is 0 Å². The average Bonchev–Trinajstić information content (AvgIpc) is 2.38. The highest BCUT2D eigenvalue weighted by molar-refractivity contribution is 5.64. The van der Waals surface area contributed by atoms with Crippen LogP contribution in [0, 0.1) is 30.1 Å². The summed E-state index contributed by atoms with van der Waals surface area (Å²) >= 11 is 0. The van der Waals surface area contributed by atoms with Gasteiger partial charge in [0.1, 0.15) is 6.07 Å². The van der Waals surface area contributed by atoms with Crippen LogP contribution in [-0.4, -0.2) is 13.1 Å². The van der Waals surface area contributed by atoms with Crippen molar-refractivity contribution in [3.05, 3.63) is 29.3 Å². The summed E-state index contributed by atoms with van der Waals surface area (Å²) in [4.78, 5) is 2.40. The summed E-state index contributed by atoms with van der Waals surface area (Å²) in [6.45, 7) is 8.90. The Labute approximate surface area is 110 Å². The van der Waals surface area contributed by atoms with Gasteiger partial charge in [0.15, 0.2) is 0 Å². The molecule has 0 unspecified atom stereocenters. The summed E-state index contributed by atoms with van der Waals surface area (Å²) in [6.07, 6.45) is 2.49. The van der Waals surface area contributed by atoms with Crippen LogP contribution in [0.3, 0.4) is 0 Å². The molecule has 0 N–H and O–H groups in total. The molecule has 0 amide bonds. The third kappa shape index (κ3) is 2.51. The zero-order chi connectivity index (χ0) is 13.1. The number of anilines is 1. The Hall–Kier alpha value is -1.49. The zero-order valence-corrected chi connectivity index (χ0v) is 11.6. The molecule has 0 saturated carbocycles. The highest BCUT2D eigenvalue weighted by Gasteiger charge is 2.23. The highest BCUT2D eigenvalue weighted by atomic mass is 15.1. The van der Waals surface area contributed by atoms with Crippen molar-refractivity contribution in [1.29, 1.82) is 5.26 Å². The highest BCUT2D eigenvalue weighted by Crippen LogP contribution is 2.31. The maximum Gasteiger partial charge on any atom is 0.101 e. The molecule has 0 spiro atoms. The quantitative estimate of drug-likeness (QED) is 0.790. The van der Waals surface area contributed by atoms with Crippen LogP contribution in [0.25, 0.3) is 0 Å². The minimum absolute atomic E-state index is 0.777. The van der Waals surface area contributed by atoms with Gasteiger partial charge in [-0.3, -0.25) is 0 Å². The van der Waals surface area contributed by atoms with E-state index < -0.39 is 0 Å². The molecule has 0 atom stereocenters. The molecule has 0 radical (unpaired) electrons. The van der Waals surface area contributed by atoms with Gasteiger partial charge in [-0.2, -0.15) is 5.26 Å². The number of aryl methyl sites for hydroxylation is 1. The zero-order valence-electron chi connectivity index (χ0n) is 11.6. The van der Waals surface area contributed by atoms with Crippen LogP contribution in [-0.2, 0) is 0 Å². The lowest BCUT2D eigenvalue weighted by Gasteiger charge is -2.36. The van der Waals surface area contributed by atoms with Crippen molar-refractivity contribution in [3.63, 3.8) is 0 Å². The fraction of sp³-hybridized carbons (Fsp3) is 0.562. The Morgan fingerprint density at radius 2 is 1.94 bits per heavy atom. The minimum atomic E-state index is 0.777. The van der Waals surface area contributed by atoms with Crippen molar-refractivity contribution in [1.82, 2.24) is 0 Å². The first-order valence-electron chi connectivity index (χ1n) is 6.88. The van der Waals surface area contributed by atoms with Crippen molar-refractivity contribution in [2.45, 2.75) is 33.6 Å². The Bertz CT molecular complexity index is 449. The first-order valence-corrected chi connectivity index (χ1v) is 6.88.